The lowest BCUT2D eigenvalue weighted by molar-refractivity contribution is -0.0439. The molecule has 1 aliphatic heterocycles. The molecule has 2 aromatic carbocycles. The lowest BCUT2D eigenvalue weighted by atomic mass is 9.96. The number of para-hydroxylation sites is 1. The maximum atomic E-state index is 10.2. The Hall–Kier alpha value is -3.76. The van der Waals surface area contributed by atoms with E-state index >= 15 is 0 Å². The third-order valence-electron chi connectivity index (χ3n) is 7.02. The molecule has 0 aliphatic carbocycles. The van der Waals surface area contributed by atoms with Gasteiger partial charge in [-0.05, 0) is 67.6 Å². The summed E-state index contributed by atoms with van der Waals surface area (Å²) < 4.78 is 13.2. The largest absolute Gasteiger partial charge is 0.488 e. The number of rotatable bonds is 9. The summed E-state index contributed by atoms with van der Waals surface area (Å²) in [5.74, 6) is 1.43. The Kier molecular flexibility index (Phi) is 7.91. The van der Waals surface area contributed by atoms with Crippen molar-refractivity contribution in [1.82, 2.24) is 19.7 Å². The first kappa shape index (κ1) is 27.8. The highest BCUT2D eigenvalue weighted by molar-refractivity contribution is 5.69. The molecule has 0 saturated heterocycles. The normalized spacial score (nSPS) is 13.9. The van der Waals surface area contributed by atoms with Crippen molar-refractivity contribution in [2.75, 3.05) is 20.2 Å². The van der Waals surface area contributed by atoms with Gasteiger partial charge in [-0.2, -0.15) is 9.78 Å². The van der Waals surface area contributed by atoms with Crippen LogP contribution in [-0.4, -0.2) is 60.8 Å². The minimum atomic E-state index is -1.71. The van der Waals surface area contributed by atoms with Gasteiger partial charge in [0.1, 0.15) is 12.4 Å². The highest BCUT2D eigenvalue weighted by Gasteiger charge is 2.23. The molecule has 1 aliphatic rings. The minimum absolute atomic E-state index is 0.157. The standard InChI is InChI=1S/C31H36N4O5/c1-20-7-5-8-24(26-9-6-10-27(33-26)35-29(39-4)25(16-32-35)30(36)37)28(20)40-18-21-11-12-23-17-34(19-31(2,3)38)14-13-22(23)15-21/h5-12,15-16,30,36-38H,13-14,17-19H2,1-4H3. The van der Waals surface area contributed by atoms with Crippen LogP contribution < -0.4 is 9.47 Å². The second kappa shape index (κ2) is 11.4. The van der Waals surface area contributed by atoms with Crippen LogP contribution in [0.25, 0.3) is 17.1 Å². The number of aliphatic hydroxyl groups excluding tert-OH is 1. The van der Waals surface area contributed by atoms with Crippen molar-refractivity contribution in [1.29, 1.82) is 0 Å². The first-order valence-electron chi connectivity index (χ1n) is 13.4. The van der Waals surface area contributed by atoms with E-state index in [9.17, 15) is 15.3 Å². The molecular formula is C31H36N4O5. The van der Waals surface area contributed by atoms with Crippen LogP contribution in [0.5, 0.6) is 11.6 Å². The van der Waals surface area contributed by atoms with Gasteiger partial charge in [-0.25, -0.2) is 4.98 Å². The van der Waals surface area contributed by atoms with E-state index in [1.807, 2.05) is 51.1 Å². The van der Waals surface area contributed by atoms with Gasteiger partial charge in [0.05, 0.1) is 30.2 Å². The molecule has 3 heterocycles. The minimum Gasteiger partial charge on any atom is -0.488 e. The van der Waals surface area contributed by atoms with Gasteiger partial charge in [0.2, 0.25) is 5.88 Å². The van der Waals surface area contributed by atoms with Crippen LogP contribution in [-0.2, 0) is 19.6 Å². The Bertz CT molecular complexity index is 1490. The molecule has 0 atom stereocenters. The van der Waals surface area contributed by atoms with Gasteiger partial charge in [-0.1, -0.05) is 36.4 Å². The molecule has 3 N–H and O–H groups in total. The van der Waals surface area contributed by atoms with Crippen LogP contribution in [0.1, 0.15) is 48.0 Å². The zero-order valence-corrected chi connectivity index (χ0v) is 23.3. The summed E-state index contributed by atoms with van der Waals surface area (Å²) >= 11 is 0. The van der Waals surface area contributed by atoms with E-state index in [0.29, 0.717) is 24.7 Å². The van der Waals surface area contributed by atoms with E-state index in [1.165, 1.54) is 29.1 Å². The summed E-state index contributed by atoms with van der Waals surface area (Å²) in [6.45, 7) is 8.54. The number of nitrogens with zero attached hydrogens (tertiary/aromatic N) is 4. The molecular weight excluding hydrogens is 508 g/mol. The maximum absolute atomic E-state index is 10.2. The molecule has 9 heteroatoms. The van der Waals surface area contributed by atoms with Gasteiger partial charge < -0.3 is 24.8 Å². The molecule has 210 valence electrons. The van der Waals surface area contributed by atoms with Gasteiger partial charge in [-0.15, -0.1) is 0 Å². The molecule has 40 heavy (non-hydrogen) atoms. The van der Waals surface area contributed by atoms with E-state index in [-0.39, 0.29) is 11.4 Å². The number of aliphatic hydroxyl groups is 3. The van der Waals surface area contributed by atoms with E-state index in [0.717, 1.165) is 42.0 Å². The number of benzene rings is 2. The number of hydrogen-bond donors (Lipinski definition) is 3. The summed E-state index contributed by atoms with van der Waals surface area (Å²) in [6.07, 6.45) is 0.582. The number of aromatic nitrogens is 3. The molecule has 9 nitrogen and oxygen atoms in total. The molecule has 0 bridgehead atoms. The third kappa shape index (κ3) is 6.03. The molecule has 0 unspecified atom stereocenters. The second-order valence-electron chi connectivity index (χ2n) is 10.9. The van der Waals surface area contributed by atoms with Crippen LogP contribution >= 0.6 is 0 Å². The SMILES string of the molecule is COc1c(C(O)O)cnn1-c1cccc(-c2cccc(C)c2OCc2ccc3c(c2)CCN(CC(C)(C)O)C3)n1. The number of ether oxygens (including phenoxy) is 2. The predicted molar refractivity (Wildman–Crippen MR) is 151 cm³/mol. The summed E-state index contributed by atoms with van der Waals surface area (Å²) in [5, 5.41) is 33.7. The molecule has 5 rings (SSSR count). The van der Waals surface area contributed by atoms with Crippen molar-refractivity contribution < 1.29 is 24.8 Å². The first-order chi connectivity index (χ1) is 19.1. The van der Waals surface area contributed by atoms with Crippen molar-refractivity contribution in [2.45, 2.75) is 52.2 Å². The maximum Gasteiger partial charge on any atom is 0.226 e. The Labute approximate surface area is 234 Å². The number of fused-ring (bicyclic) bond motifs is 1. The van der Waals surface area contributed by atoms with Gasteiger partial charge in [0.25, 0.3) is 0 Å². The lowest BCUT2D eigenvalue weighted by Gasteiger charge is -2.33. The fraction of sp³-hybridized carbons (Fsp3) is 0.355. The average Bonchev–Trinajstić information content (AvgIpc) is 3.36. The Morgan fingerprint density at radius 1 is 1.05 bits per heavy atom. The Morgan fingerprint density at radius 3 is 2.60 bits per heavy atom. The summed E-state index contributed by atoms with van der Waals surface area (Å²) in [4.78, 5) is 7.09. The first-order valence-corrected chi connectivity index (χ1v) is 13.4. The lowest BCUT2D eigenvalue weighted by Crippen LogP contribution is -2.41. The van der Waals surface area contributed by atoms with E-state index in [2.05, 4.69) is 28.2 Å². The second-order valence-corrected chi connectivity index (χ2v) is 10.9. The fourth-order valence-corrected chi connectivity index (χ4v) is 5.22. The van der Waals surface area contributed by atoms with Crippen molar-refractivity contribution >= 4 is 0 Å². The number of hydrogen-bond acceptors (Lipinski definition) is 8. The van der Waals surface area contributed by atoms with Gasteiger partial charge in [0.15, 0.2) is 12.1 Å². The van der Waals surface area contributed by atoms with Gasteiger partial charge in [0, 0.05) is 25.2 Å². The molecule has 2 aromatic heterocycles. The zero-order valence-electron chi connectivity index (χ0n) is 23.3. The fourth-order valence-electron chi connectivity index (χ4n) is 5.22. The van der Waals surface area contributed by atoms with Gasteiger partial charge in [-0.3, -0.25) is 4.90 Å². The molecule has 4 aromatic rings. The average molecular weight is 545 g/mol. The van der Waals surface area contributed by atoms with Crippen LogP contribution in [0.15, 0.2) is 60.8 Å². The summed E-state index contributed by atoms with van der Waals surface area (Å²) in [5.41, 5.74) is 5.70. The highest BCUT2D eigenvalue weighted by Crippen LogP contribution is 2.34. The summed E-state index contributed by atoms with van der Waals surface area (Å²) in [6, 6.07) is 18.0. The topological polar surface area (TPSA) is 113 Å². The Balaban J connectivity index is 1.37. The van der Waals surface area contributed by atoms with Crippen molar-refractivity contribution in [3.05, 3.63) is 88.6 Å². The molecule has 0 radical (unpaired) electrons. The zero-order chi connectivity index (χ0) is 28.4. The molecule has 0 spiro atoms. The molecule has 0 fully saturated rings. The Morgan fingerprint density at radius 2 is 1.85 bits per heavy atom. The summed E-state index contributed by atoms with van der Waals surface area (Å²) in [7, 11) is 1.45. The predicted octanol–water partition coefficient (Wildman–Crippen LogP) is 3.94. The van der Waals surface area contributed by atoms with E-state index < -0.39 is 11.9 Å². The van der Waals surface area contributed by atoms with Crippen molar-refractivity contribution in [3.63, 3.8) is 0 Å². The number of β-amino-alcohol motifs (C(OH)–C–C–N with tert-alkyl or cyclic N) is 1. The number of methoxy groups -OCH3 is 1. The molecule has 0 amide bonds. The molecule has 0 saturated carbocycles. The number of aryl methyl sites for hydroxylation is 1. The third-order valence-corrected chi connectivity index (χ3v) is 7.02. The van der Waals surface area contributed by atoms with Crippen LogP contribution in [0.2, 0.25) is 0 Å². The van der Waals surface area contributed by atoms with Crippen LogP contribution in [0.3, 0.4) is 0 Å². The van der Waals surface area contributed by atoms with Gasteiger partial charge >= 0.3 is 0 Å². The van der Waals surface area contributed by atoms with Crippen molar-refractivity contribution in [3.8, 4) is 28.7 Å². The quantitative estimate of drug-likeness (QED) is 0.272. The van der Waals surface area contributed by atoms with Crippen LogP contribution in [0, 0.1) is 6.92 Å². The smallest absolute Gasteiger partial charge is 0.226 e. The highest BCUT2D eigenvalue weighted by atomic mass is 16.5. The van der Waals surface area contributed by atoms with Crippen LogP contribution in [0.4, 0.5) is 0 Å². The number of pyridine rings is 1. The van der Waals surface area contributed by atoms with E-state index in [1.54, 1.807) is 6.07 Å². The monoisotopic (exact) mass is 544 g/mol. The van der Waals surface area contributed by atoms with Crippen molar-refractivity contribution in [2.24, 2.45) is 0 Å². The van der Waals surface area contributed by atoms with E-state index in [4.69, 9.17) is 14.5 Å².